The zero-order valence-corrected chi connectivity index (χ0v) is 23.1. The number of hydrogen-bond acceptors (Lipinski definition) is 10. The second kappa shape index (κ2) is 10.8. The van der Waals surface area contributed by atoms with E-state index in [0.29, 0.717) is 37.2 Å². The lowest BCUT2D eigenvalue weighted by Gasteiger charge is -2.61. The van der Waals surface area contributed by atoms with E-state index in [-0.39, 0.29) is 11.8 Å². The van der Waals surface area contributed by atoms with Crippen molar-refractivity contribution in [3.63, 3.8) is 0 Å². The molecule has 40 heavy (non-hydrogen) atoms. The van der Waals surface area contributed by atoms with Gasteiger partial charge < -0.3 is 44.2 Å². The van der Waals surface area contributed by atoms with Crippen LogP contribution >= 0.6 is 0 Å². The maximum Gasteiger partial charge on any atom is 0.336 e. The van der Waals surface area contributed by atoms with Gasteiger partial charge in [0.25, 0.3) is 0 Å². The molecule has 1 saturated heterocycles. The van der Waals surface area contributed by atoms with E-state index < -0.39 is 66.0 Å². The fourth-order valence-electron chi connectivity index (χ4n) is 7.41. The van der Waals surface area contributed by atoms with Crippen LogP contribution in [-0.4, -0.2) is 81.7 Å². The standard InChI is InChI=1S/C30H40O10/c1-15-11-20(39-28-26(36)25(35)24(34)21(13-31)40-28)27-29(2,3)22(32)9-10-30(27,4)18(15)14-37-17-7-5-16-6-8-23(33)38-19(16)12-17/h5-8,12,18,20-22,24-28,31-32,34-36H,1,9-11,13-14H2,2-4H3/t18-,20-,21-,22-,24-,25+,26-,27-,28-,30+/m1/s1. The molecule has 2 heterocycles. The van der Waals surface area contributed by atoms with Crippen LogP contribution in [0.3, 0.4) is 0 Å². The summed E-state index contributed by atoms with van der Waals surface area (Å²) in [7, 11) is 0. The van der Waals surface area contributed by atoms with Crippen molar-refractivity contribution >= 4 is 11.0 Å². The summed E-state index contributed by atoms with van der Waals surface area (Å²) in [6.45, 7) is 10.3. The van der Waals surface area contributed by atoms with Gasteiger partial charge in [-0.2, -0.15) is 0 Å². The zero-order chi connectivity index (χ0) is 29.0. The molecule has 3 aliphatic rings. The Morgan fingerprint density at radius 2 is 1.77 bits per heavy atom. The second-order valence-electron chi connectivity index (χ2n) is 12.4. The quantitative estimate of drug-likeness (QED) is 0.260. The van der Waals surface area contributed by atoms with E-state index in [0.717, 1.165) is 11.0 Å². The average molecular weight is 561 g/mol. The Balaban J connectivity index is 1.41. The maximum absolute atomic E-state index is 11.7. The van der Waals surface area contributed by atoms with Crippen LogP contribution in [0, 0.1) is 22.7 Å². The molecule has 5 rings (SSSR count). The molecule has 2 aliphatic carbocycles. The van der Waals surface area contributed by atoms with E-state index in [4.69, 9.17) is 18.6 Å². The van der Waals surface area contributed by atoms with Crippen LogP contribution in [0.1, 0.15) is 40.0 Å². The summed E-state index contributed by atoms with van der Waals surface area (Å²) < 4.78 is 23.6. The van der Waals surface area contributed by atoms with Gasteiger partial charge in [0.05, 0.1) is 25.4 Å². The van der Waals surface area contributed by atoms with Crippen LogP contribution in [0.4, 0.5) is 0 Å². The van der Waals surface area contributed by atoms with Crippen LogP contribution in [0.25, 0.3) is 11.0 Å². The number of benzene rings is 1. The van der Waals surface area contributed by atoms with Gasteiger partial charge >= 0.3 is 5.63 Å². The summed E-state index contributed by atoms with van der Waals surface area (Å²) in [6.07, 6.45) is -6.40. The lowest BCUT2D eigenvalue weighted by atomic mass is 9.46. The largest absolute Gasteiger partial charge is 0.493 e. The predicted octanol–water partition coefficient (Wildman–Crippen LogP) is 1.74. The Morgan fingerprint density at radius 3 is 2.50 bits per heavy atom. The van der Waals surface area contributed by atoms with E-state index in [2.05, 4.69) is 13.5 Å². The molecule has 0 bridgehead atoms. The van der Waals surface area contributed by atoms with Crippen LogP contribution < -0.4 is 10.4 Å². The van der Waals surface area contributed by atoms with Gasteiger partial charge in [0.1, 0.15) is 35.7 Å². The first-order chi connectivity index (χ1) is 18.9. The van der Waals surface area contributed by atoms with Crippen molar-refractivity contribution < 1.29 is 44.2 Å². The third-order valence-corrected chi connectivity index (χ3v) is 9.62. The Labute approximate surface area is 232 Å². The van der Waals surface area contributed by atoms with Crippen LogP contribution in [0.5, 0.6) is 5.75 Å². The van der Waals surface area contributed by atoms with E-state index >= 15 is 0 Å². The number of rotatable bonds is 6. The molecule has 0 unspecified atom stereocenters. The van der Waals surface area contributed by atoms with Gasteiger partial charge in [0.2, 0.25) is 0 Å². The topological polar surface area (TPSA) is 159 Å². The summed E-state index contributed by atoms with van der Waals surface area (Å²) in [4.78, 5) is 11.7. The Morgan fingerprint density at radius 1 is 1.05 bits per heavy atom. The molecule has 0 radical (unpaired) electrons. The highest BCUT2D eigenvalue weighted by molar-refractivity contribution is 5.77. The highest BCUT2D eigenvalue weighted by Crippen LogP contribution is 2.61. The summed E-state index contributed by atoms with van der Waals surface area (Å²) >= 11 is 0. The normalized spacial score (nSPS) is 39.6. The van der Waals surface area contributed by atoms with Crippen LogP contribution in [0.2, 0.25) is 0 Å². The van der Waals surface area contributed by atoms with Gasteiger partial charge in [-0.05, 0) is 54.2 Å². The summed E-state index contributed by atoms with van der Waals surface area (Å²) in [6, 6.07) is 8.43. The molecular weight excluding hydrogens is 520 g/mol. The van der Waals surface area contributed by atoms with Gasteiger partial charge in [-0.1, -0.05) is 32.9 Å². The van der Waals surface area contributed by atoms with Crippen molar-refractivity contribution in [2.75, 3.05) is 13.2 Å². The number of ether oxygens (including phenoxy) is 3. The van der Waals surface area contributed by atoms with E-state index in [1.165, 1.54) is 6.07 Å². The van der Waals surface area contributed by atoms with E-state index in [1.807, 2.05) is 26.0 Å². The summed E-state index contributed by atoms with van der Waals surface area (Å²) in [5.74, 6) is 0.242. The number of hydrogen-bond donors (Lipinski definition) is 5. The van der Waals surface area contributed by atoms with Gasteiger partial charge in [-0.3, -0.25) is 0 Å². The Bertz CT molecular complexity index is 1290. The molecule has 5 N–H and O–H groups in total. The first kappa shape index (κ1) is 29.2. The lowest BCUT2D eigenvalue weighted by molar-refractivity contribution is -0.327. The molecule has 1 aromatic carbocycles. The van der Waals surface area contributed by atoms with Crippen molar-refractivity contribution in [3.8, 4) is 5.75 Å². The van der Waals surface area contributed by atoms with Crippen LogP contribution in [0.15, 0.2) is 51.7 Å². The molecule has 2 aromatic rings. The van der Waals surface area contributed by atoms with Crippen molar-refractivity contribution in [1.82, 2.24) is 0 Å². The lowest BCUT2D eigenvalue weighted by Crippen LogP contribution is -2.64. The molecule has 10 atom stereocenters. The minimum atomic E-state index is -1.55. The smallest absolute Gasteiger partial charge is 0.336 e. The van der Waals surface area contributed by atoms with Gasteiger partial charge in [0, 0.05) is 23.4 Å². The zero-order valence-electron chi connectivity index (χ0n) is 23.1. The minimum Gasteiger partial charge on any atom is -0.493 e. The Kier molecular flexibility index (Phi) is 7.90. The monoisotopic (exact) mass is 560 g/mol. The van der Waals surface area contributed by atoms with Gasteiger partial charge in [-0.15, -0.1) is 0 Å². The third-order valence-electron chi connectivity index (χ3n) is 9.62. The van der Waals surface area contributed by atoms with Crippen molar-refractivity contribution in [2.45, 2.75) is 82.9 Å². The predicted molar refractivity (Wildman–Crippen MR) is 144 cm³/mol. The molecule has 2 saturated carbocycles. The highest BCUT2D eigenvalue weighted by Gasteiger charge is 2.61. The molecular formula is C30H40O10. The van der Waals surface area contributed by atoms with Crippen LogP contribution in [-0.2, 0) is 9.47 Å². The number of fused-ring (bicyclic) bond motifs is 2. The van der Waals surface area contributed by atoms with Crippen molar-refractivity contribution in [1.29, 1.82) is 0 Å². The third kappa shape index (κ3) is 5.00. The van der Waals surface area contributed by atoms with Gasteiger partial charge in [-0.25, -0.2) is 4.79 Å². The first-order valence-electron chi connectivity index (χ1n) is 13.8. The fourth-order valence-corrected chi connectivity index (χ4v) is 7.41. The Hall–Kier alpha value is -2.31. The van der Waals surface area contributed by atoms with E-state index in [9.17, 15) is 30.3 Å². The van der Waals surface area contributed by atoms with E-state index in [1.54, 1.807) is 12.1 Å². The number of aliphatic hydroxyl groups excluding tert-OH is 5. The fraction of sp³-hybridized carbons (Fsp3) is 0.633. The molecule has 0 amide bonds. The molecule has 10 heteroatoms. The molecule has 3 fully saturated rings. The number of aliphatic hydroxyl groups is 5. The molecule has 1 aliphatic heterocycles. The SMILES string of the molecule is C=C1C[C@@H](O[C@@H]2O[C@H](CO)[C@@H](O)[C@H](O)[C@H]2O)[C@@H]2C(C)(C)[C@H](O)CC[C@@]2(C)[C@@H]1COc1ccc2ccc(=O)oc2c1. The molecule has 220 valence electrons. The molecule has 1 aromatic heterocycles. The average Bonchev–Trinajstić information content (AvgIpc) is 2.90. The summed E-state index contributed by atoms with van der Waals surface area (Å²) in [5.41, 5.74) is -0.120. The first-order valence-corrected chi connectivity index (χ1v) is 13.8. The van der Waals surface area contributed by atoms with Crippen molar-refractivity contribution in [3.05, 3.63) is 52.9 Å². The maximum atomic E-state index is 11.7. The van der Waals surface area contributed by atoms with Gasteiger partial charge in [0.15, 0.2) is 6.29 Å². The minimum absolute atomic E-state index is 0.0996. The van der Waals surface area contributed by atoms with Crippen molar-refractivity contribution in [2.24, 2.45) is 22.7 Å². The highest BCUT2D eigenvalue weighted by atomic mass is 16.7. The molecule has 0 spiro atoms. The molecule has 10 nitrogen and oxygen atoms in total. The second-order valence-corrected chi connectivity index (χ2v) is 12.4. The summed E-state index contributed by atoms with van der Waals surface area (Å²) in [5, 5.41) is 52.6.